The molecule has 2 unspecified atom stereocenters. The van der Waals surface area contributed by atoms with Gasteiger partial charge in [0.15, 0.2) is 0 Å². The van der Waals surface area contributed by atoms with Crippen LogP contribution in [0.5, 0.6) is 0 Å². The van der Waals surface area contributed by atoms with E-state index >= 15 is 0 Å². The fourth-order valence-electron chi connectivity index (χ4n) is 10.0. The first-order valence-electron chi connectivity index (χ1n) is 19.7. The van der Waals surface area contributed by atoms with Crippen LogP contribution < -0.4 is 15.9 Å². The third kappa shape index (κ3) is 7.46. The average Bonchev–Trinajstić information content (AvgIpc) is 3.22. The number of rotatable bonds is 10. The first-order valence-corrected chi connectivity index (χ1v) is 22.3. The number of ether oxygens (including phenoxy) is 1. The Labute approximate surface area is 320 Å². The number of hydrogen-bond donors (Lipinski definition) is 0. The molecule has 0 amide bonds. The Bertz CT molecular complexity index is 1890. The number of Topliss-reactive ketones (excluding diaryl/α,β-unsaturated/α-hetero) is 2. The van der Waals surface area contributed by atoms with E-state index in [1.807, 2.05) is 36.4 Å². The summed E-state index contributed by atoms with van der Waals surface area (Å²) in [6.07, 6.45) is 8.76. The van der Waals surface area contributed by atoms with Gasteiger partial charge in [-0.3, -0.25) is 0 Å². The predicted octanol–water partition coefficient (Wildman–Crippen LogP) is 10.2. The van der Waals surface area contributed by atoms with E-state index in [1.54, 1.807) is 0 Å². The van der Waals surface area contributed by atoms with Crippen molar-refractivity contribution in [1.29, 1.82) is 0 Å². The molecule has 0 aromatic heterocycles. The third-order valence-electron chi connectivity index (χ3n) is 12.8. The first kappa shape index (κ1) is 36.1. The Hall–Kier alpha value is -3.88. The quantitative estimate of drug-likeness (QED) is 0.134. The van der Waals surface area contributed by atoms with Crippen molar-refractivity contribution in [2.45, 2.75) is 63.4 Å². The molecule has 0 aliphatic heterocycles. The van der Waals surface area contributed by atoms with Crippen LogP contribution in [0, 0.1) is 23.7 Å². The van der Waals surface area contributed by atoms with E-state index in [2.05, 4.69) is 103 Å². The molecule has 2 atom stereocenters. The van der Waals surface area contributed by atoms with Crippen LogP contribution in [0.4, 0.5) is 0 Å². The molecule has 2 saturated carbocycles. The summed E-state index contributed by atoms with van der Waals surface area (Å²) < 4.78 is 6.72. The zero-order valence-electron chi connectivity index (χ0n) is 30.4. The zero-order chi connectivity index (χ0) is 36.2. The number of halogens is 1. The summed E-state index contributed by atoms with van der Waals surface area (Å²) >= 11 is 6.17. The molecule has 3 aliphatic carbocycles. The van der Waals surface area contributed by atoms with Crippen molar-refractivity contribution >= 4 is 46.3 Å². The average molecular weight is 741 g/mol. The first-order chi connectivity index (χ1) is 26.0. The molecule has 2 fully saturated rings. The molecule has 0 saturated heterocycles. The van der Waals surface area contributed by atoms with E-state index < -0.39 is 19.3 Å². The molecule has 0 bridgehead atoms. The molecule has 272 valence electrons. The molecule has 53 heavy (non-hydrogen) atoms. The van der Waals surface area contributed by atoms with Crippen molar-refractivity contribution in [3.05, 3.63) is 161 Å². The van der Waals surface area contributed by atoms with Gasteiger partial charge >= 0.3 is 263 Å². The normalized spacial score (nSPS) is 25.1. The van der Waals surface area contributed by atoms with Crippen LogP contribution in [-0.2, 0) is 4.74 Å². The van der Waals surface area contributed by atoms with Gasteiger partial charge in [0.1, 0.15) is 0 Å². The van der Waals surface area contributed by atoms with Crippen molar-refractivity contribution in [3.63, 3.8) is 0 Å². The molecule has 5 aromatic carbocycles. The van der Waals surface area contributed by atoms with E-state index in [0.717, 1.165) is 56.4 Å². The number of benzene rings is 5. The van der Waals surface area contributed by atoms with Crippen molar-refractivity contribution in [2.24, 2.45) is 23.7 Å². The van der Waals surface area contributed by atoms with Gasteiger partial charge in [-0.1, -0.05) is 29.8 Å². The maximum atomic E-state index is 14.2. The molecule has 3 aliphatic rings. The Morgan fingerprint density at radius 2 is 1.00 bits per heavy atom. The molecule has 0 heterocycles. The Kier molecular flexibility index (Phi) is 11.1. The van der Waals surface area contributed by atoms with Gasteiger partial charge in [0, 0.05) is 5.02 Å². The van der Waals surface area contributed by atoms with Gasteiger partial charge in [-0.25, -0.2) is 0 Å². The standard InChI is InChI=1S/C48H50ClO3P/c49-39-30-28-37(29-31-39)36-24-26-38(27-25-36)45-46(50)43-18-10-11-19-44(43)47(51)48(45)52-32-34-20-22-35(23-21-34)33-53(40-12-4-1-5-13-40,41-14-6-2-7-15-41)42-16-8-3-9-17-42/h1-19,28-31,34-36,38,45,48,53H,20-27,32-33H2/t34?,35?,36-,38-,45?,48?. The Balaban J connectivity index is 0.972. The summed E-state index contributed by atoms with van der Waals surface area (Å²) in [4.78, 5) is 28.3. The molecular weight excluding hydrogens is 691 g/mol. The summed E-state index contributed by atoms with van der Waals surface area (Å²) in [6.45, 7) is 0.536. The van der Waals surface area contributed by atoms with Gasteiger partial charge in [-0.05, 0) is 23.6 Å². The van der Waals surface area contributed by atoms with Gasteiger partial charge in [-0.2, -0.15) is 0 Å². The summed E-state index contributed by atoms with van der Waals surface area (Å²) in [5.74, 6) is 1.23. The van der Waals surface area contributed by atoms with Crippen molar-refractivity contribution in [3.8, 4) is 0 Å². The minimum absolute atomic E-state index is 0.0110. The summed E-state index contributed by atoms with van der Waals surface area (Å²) in [5, 5.41) is 5.16. The van der Waals surface area contributed by atoms with E-state index in [0.29, 0.717) is 35.5 Å². The van der Waals surface area contributed by atoms with Gasteiger partial charge in [0.2, 0.25) is 0 Å². The minimum atomic E-state index is -2.31. The second kappa shape index (κ2) is 16.2. The molecule has 0 N–H and O–H groups in total. The zero-order valence-corrected chi connectivity index (χ0v) is 32.2. The molecule has 3 nitrogen and oxygen atoms in total. The number of fused-ring (bicyclic) bond motifs is 1. The molecule has 0 radical (unpaired) electrons. The van der Waals surface area contributed by atoms with Crippen LogP contribution >= 0.6 is 18.9 Å². The molecular formula is C48H50ClO3P. The van der Waals surface area contributed by atoms with Crippen LogP contribution in [0.1, 0.15) is 83.6 Å². The number of ketones is 2. The number of carbonyl (C=O) groups is 2. The monoisotopic (exact) mass is 740 g/mol. The molecule has 8 rings (SSSR count). The van der Waals surface area contributed by atoms with Crippen LogP contribution in [0.25, 0.3) is 0 Å². The van der Waals surface area contributed by atoms with Crippen molar-refractivity contribution in [2.75, 3.05) is 12.8 Å². The van der Waals surface area contributed by atoms with Crippen LogP contribution in [0.2, 0.25) is 5.02 Å². The summed E-state index contributed by atoms with van der Waals surface area (Å²) in [5.41, 5.74) is 2.41. The van der Waals surface area contributed by atoms with E-state index in [-0.39, 0.29) is 17.5 Å². The fourth-order valence-corrected chi connectivity index (χ4v) is 15.4. The third-order valence-corrected chi connectivity index (χ3v) is 18.2. The van der Waals surface area contributed by atoms with Gasteiger partial charge in [0.05, 0.1) is 0 Å². The maximum absolute atomic E-state index is 14.2. The van der Waals surface area contributed by atoms with Crippen molar-refractivity contribution < 1.29 is 14.3 Å². The van der Waals surface area contributed by atoms with Gasteiger partial charge < -0.3 is 0 Å². The Morgan fingerprint density at radius 3 is 1.53 bits per heavy atom. The van der Waals surface area contributed by atoms with E-state index in [1.165, 1.54) is 27.6 Å². The number of carbonyl (C=O) groups excluding carboxylic acids is 2. The predicted molar refractivity (Wildman–Crippen MR) is 221 cm³/mol. The number of hydrogen-bond acceptors (Lipinski definition) is 3. The van der Waals surface area contributed by atoms with Crippen LogP contribution in [0.15, 0.2) is 140 Å². The second-order valence-corrected chi connectivity index (χ2v) is 20.2. The van der Waals surface area contributed by atoms with E-state index in [9.17, 15) is 9.59 Å². The SMILES string of the molecule is O=C1c2ccccc2C(=O)C([C@H]2CC[C@H](c3ccc(Cl)cc3)CC2)C1OCC1CCC(C[PH](c2ccccc2)(c2ccccc2)c2ccccc2)CC1. The van der Waals surface area contributed by atoms with Crippen LogP contribution in [-0.4, -0.2) is 30.4 Å². The second-order valence-electron chi connectivity index (χ2n) is 15.8. The van der Waals surface area contributed by atoms with Crippen molar-refractivity contribution in [1.82, 2.24) is 0 Å². The topological polar surface area (TPSA) is 43.4 Å². The molecule has 5 heteroatoms. The summed E-state index contributed by atoms with van der Waals surface area (Å²) in [7, 11) is -2.31. The molecule has 0 spiro atoms. The van der Waals surface area contributed by atoms with Crippen LogP contribution in [0.3, 0.4) is 0 Å². The molecule has 5 aromatic rings. The van der Waals surface area contributed by atoms with Gasteiger partial charge in [-0.15, -0.1) is 0 Å². The van der Waals surface area contributed by atoms with E-state index in [4.69, 9.17) is 16.3 Å². The summed E-state index contributed by atoms with van der Waals surface area (Å²) in [6, 6.07) is 49.3. The fraction of sp³-hybridized carbons (Fsp3) is 0.333. The van der Waals surface area contributed by atoms with Gasteiger partial charge in [0.25, 0.3) is 0 Å². The Morgan fingerprint density at radius 1 is 0.528 bits per heavy atom.